The first kappa shape index (κ1) is 27.2. The number of aliphatic hydroxyl groups excluding tert-OH is 1. The van der Waals surface area contributed by atoms with Crippen LogP contribution in [0.3, 0.4) is 0 Å². The molecule has 1 fully saturated rings. The van der Waals surface area contributed by atoms with Gasteiger partial charge >= 0.3 is 0 Å². The standard InChI is InChI=1S/C29H36N4O5/c1-6-7-10-17-38-21-13-12-20(18-22(21)37-5)26-24(28(35)29(36)33(26)16-15-31(3)4)27(34)25-19(2)30-23-11-8-9-14-32(23)25/h8-9,11-14,18,26,34H,6-7,10,15-17H2,1-5H3. The lowest BCUT2D eigenvalue weighted by Crippen LogP contribution is -2.35. The van der Waals surface area contributed by atoms with Crippen LogP contribution in [0.15, 0.2) is 48.2 Å². The summed E-state index contributed by atoms with van der Waals surface area (Å²) in [5, 5.41) is 11.6. The number of carbonyl (C=O) groups is 2. The molecule has 1 unspecified atom stereocenters. The van der Waals surface area contributed by atoms with Crippen LogP contribution in [0.5, 0.6) is 11.5 Å². The third-order valence-corrected chi connectivity index (χ3v) is 6.77. The largest absolute Gasteiger partial charge is 0.505 e. The molecule has 9 heteroatoms. The number of amides is 1. The molecule has 1 aliphatic heterocycles. The minimum absolute atomic E-state index is 0.0289. The number of carbonyl (C=O) groups excluding carboxylic acids is 2. The Morgan fingerprint density at radius 1 is 1.13 bits per heavy atom. The number of rotatable bonds is 11. The van der Waals surface area contributed by atoms with Gasteiger partial charge in [0.15, 0.2) is 17.3 Å². The molecule has 4 rings (SSSR count). The number of hydrogen-bond acceptors (Lipinski definition) is 7. The molecule has 9 nitrogen and oxygen atoms in total. The van der Waals surface area contributed by atoms with E-state index in [1.54, 1.807) is 36.8 Å². The van der Waals surface area contributed by atoms with Crippen LogP contribution in [0.2, 0.25) is 0 Å². The molecule has 2 aromatic heterocycles. The van der Waals surface area contributed by atoms with Crippen molar-refractivity contribution >= 4 is 23.1 Å². The number of Topliss-reactive ketones (excluding diaryl/α,β-unsaturated/α-hetero) is 1. The van der Waals surface area contributed by atoms with Crippen molar-refractivity contribution in [2.45, 2.75) is 39.2 Å². The van der Waals surface area contributed by atoms with Crippen LogP contribution >= 0.6 is 0 Å². The van der Waals surface area contributed by atoms with Crippen molar-refractivity contribution in [2.75, 3.05) is 40.9 Å². The predicted octanol–water partition coefficient (Wildman–Crippen LogP) is 4.20. The minimum atomic E-state index is -0.799. The van der Waals surface area contributed by atoms with Crippen molar-refractivity contribution in [3.8, 4) is 11.5 Å². The normalized spacial score (nSPS) is 17.1. The van der Waals surface area contributed by atoms with E-state index in [0.717, 1.165) is 19.3 Å². The highest BCUT2D eigenvalue weighted by molar-refractivity contribution is 6.46. The molecule has 1 atom stereocenters. The van der Waals surface area contributed by atoms with Gasteiger partial charge in [-0.3, -0.25) is 14.0 Å². The van der Waals surface area contributed by atoms with E-state index in [1.807, 2.05) is 43.3 Å². The number of nitrogens with zero attached hydrogens (tertiary/aromatic N) is 4. The first-order chi connectivity index (χ1) is 18.3. The smallest absolute Gasteiger partial charge is 0.295 e. The second-order valence-corrected chi connectivity index (χ2v) is 9.74. The molecule has 1 N–H and O–H groups in total. The fourth-order valence-electron chi connectivity index (χ4n) is 4.80. The van der Waals surface area contributed by atoms with Gasteiger partial charge in [0.2, 0.25) is 0 Å². The van der Waals surface area contributed by atoms with Gasteiger partial charge in [-0.25, -0.2) is 4.98 Å². The van der Waals surface area contributed by atoms with Gasteiger partial charge in [-0.05, 0) is 57.3 Å². The summed E-state index contributed by atoms with van der Waals surface area (Å²) in [5.74, 6) is -0.534. The van der Waals surface area contributed by atoms with Gasteiger partial charge in [0.05, 0.1) is 31.0 Å². The molecule has 0 spiro atoms. The highest BCUT2D eigenvalue weighted by Crippen LogP contribution is 2.42. The molecule has 3 aromatic rings. The highest BCUT2D eigenvalue weighted by atomic mass is 16.5. The molecule has 0 radical (unpaired) electrons. The Morgan fingerprint density at radius 3 is 2.63 bits per heavy atom. The van der Waals surface area contributed by atoms with Crippen LogP contribution in [0, 0.1) is 6.92 Å². The number of likely N-dealkylation sites (tertiary alicyclic amines) is 1. The van der Waals surface area contributed by atoms with Crippen LogP contribution in [-0.4, -0.2) is 76.9 Å². The van der Waals surface area contributed by atoms with E-state index in [2.05, 4.69) is 11.9 Å². The topological polar surface area (TPSA) is 96.6 Å². The number of methoxy groups -OCH3 is 1. The Kier molecular flexibility index (Phi) is 8.36. The average molecular weight is 521 g/mol. The Balaban J connectivity index is 1.83. The maximum absolute atomic E-state index is 13.4. The number of imidazole rings is 1. The number of ketones is 1. The molecule has 3 heterocycles. The Labute approximate surface area is 223 Å². The zero-order valence-electron chi connectivity index (χ0n) is 22.7. The zero-order valence-corrected chi connectivity index (χ0v) is 22.7. The minimum Gasteiger partial charge on any atom is -0.505 e. The molecule has 202 valence electrons. The van der Waals surface area contributed by atoms with E-state index in [0.29, 0.717) is 53.8 Å². The maximum atomic E-state index is 13.4. The molecule has 1 amide bonds. The zero-order chi connectivity index (χ0) is 27.4. The van der Waals surface area contributed by atoms with Crippen LogP contribution in [0.25, 0.3) is 11.4 Å². The lowest BCUT2D eigenvalue weighted by molar-refractivity contribution is -0.140. The van der Waals surface area contributed by atoms with E-state index in [-0.39, 0.29) is 11.3 Å². The second-order valence-electron chi connectivity index (χ2n) is 9.74. The molecule has 38 heavy (non-hydrogen) atoms. The Hall–Kier alpha value is -3.85. The Bertz CT molecular complexity index is 1360. The van der Waals surface area contributed by atoms with Gasteiger partial charge in [-0.2, -0.15) is 0 Å². The lowest BCUT2D eigenvalue weighted by Gasteiger charge is -2.27. The molecular formula is C29H36N4O5. The third-order valence-electron chi connectivity index (χ3n) is 6.77. The van der Waals surface area contributed by atoms with E-state index in [9.17, 15) is 14.7 Å². The molecule has 0 bridgehead atoms. The SMILES string of the molecule is CCCCCOc1ccc(C2C(=C(O)c3c(C)nc4ccccn34)C(=O)C(=O)N2CCN(C)C)cc1OC. The van der Waals surface area contributed by atoms with Crippen molar-refractivity contribution in [1.82, 2.24) is 19.2 Å². The van der Waals surface area contributed by atoms with Crippen LogP contribution in [0.1, 0.15) is 49.2 Å². The Morgan fingerprint density at radius 2 is 1.92 bits per heavy atom. The van der Waals surface area contributed by atoms with Gasteiger partial charge in [-0.15, -0.1) is 0 Å². The van der Waals surface area contributed by atoms with E-state index >= 15 is 0 Å². The number of likely N-dealkylation sites (N-methyl/N-ethyl adjacent to an activating group) is 1. The summed E-state index contributed by atoms with van der Waals surface area (Å²) in [6.07, 6.45) is 4.88. The van der Waals surface area contributed by atoms with Gasteiger partial charge in [-0.1, -0.05) is 31.9 Å². The molecule has 0 saturated carbocycles. The summed E-state index contributed by atoms with van der Waals surface area (Å²) in [6, 6.07) is 10.1. The number of pyridine rings is 1. The summed E-state index contributed by atoms with van der Waals surface area (Å²) < 4.78 is 13.3. The second kappa shape index (κ2) is 11.7. The van der Waals surface area contributed by atoms with Crippen LogP contribution in [-0.2, 0) is 9.59 Å². The number of aryl methyl sites for hydroxylation is 1. The summed E-state index contributed by atoms with van der Waals surface area (Å²) in [7, 11) is 5.37. The number of aliphatic hydroxyl groups is 1. The third kappa shape index (κ3) is 5.24. The van der Waals surface area contributed by atoms with Crippen LogP contribution in [0.4, 0.5) is 0 Å². The quantitative estimate of drug-likeness (QED) is 0.175. The number of ether oxygens (including phenoxy) is 2. The van der Waals surface area contributed by atoms with E-state index in [1.165, 1.54) is 4.90 Å². The summed E-state index contributed by atoms with van der Waals surface area (Å²) in [4.78, 5) is 34.7. The average Bonchev–Trinajstić information content (AvgIpc) is 3.37. The predicted molar refractivity (Wildman–Crippen MR) is 146 cm³/mol. The molecular weight excluding hydrogens is 484 g/mol. The van der Waals surface area contributed by atoms with Gasteiger partial charge < -0.3 is 24.4 Å². The monoisotopic (exact) mass is 520 g/mol. The van der Waals surface area contributed by atoms with Crippen molar-refractivity contribution in [3.63, 3.8) is 0 Å². The van der Waals surface area contributed by atoms with Crippen molar-refractivity contribution < 1.29 is 24.2 Å². The van der Waals surface area contributed by atoms with Gasteiger partial charge in [0, 0.05) is 19.3 Å². The van der Waals surface area contributed by atoms with E-state index < -0.39 is 17.7 Å². The van der Waals surface area contributed by atoms with Gasteiger partial charge in [0.1, 0.15) is 11.3 Å². The summed E-state index contributed by atoms with van der Waals surface area (Å²) in [5.41, 5.74) is 2.26. The first-order valence-electron chi connectivity index (χ1n) is 13.0. The molecule has 1 aromatic carbocycles. The van der Waals surface area contributed by atoms with Gasteiger partial charge in [0.25, 0.3) is 11.7 Å². The summed E-state index contributed by atoms with van der Waals surface area (Å²) >= 11 is 0. The first-order valence-corrected chi connectivity index (χ1v) is 13.0. The van der Waals surface area contributed by atoms with Crippen molar-refractivity contribution in [3.05, 3.63) is 65.1 Å². The lowest BCUT2D eigenvalue weighted by atomic mass is 9.96. The molecule has 0 aliphatic carbocycles. The molecule has 1 aliphatic rings. The number of aromatic nitrogens is 2. The van der Waals surface area contributed by atoms with E-state index in [4.69, 9.17) is 9.47 Å². The highest BCUT2D eigenvalue weighted by Gasteiger charge is 2.46. The number of hydrogen-bond donors (Lipinski definition) is 1. The number of unbranched alkanes of at least 4 members (excludes halogenated alkanes) is 2. The fourth-order valence-corrected chi connectivity index (χ4v) is 4.80. The van der Waals surface area contributed by atoms with Crippen molar-refractivity contribution in [1.29, 1.82) is 0 Å². The fraction of sp³-hybridized carbons (Fsp3) is 0.414. The number of benzene rings is 1. The summed E-state index contributed by atoms with van der Waals surface area (Å²) in [6.45, 7) is 5.33. The number of fused-ring (bicyclic) bond motifs is 1. The maximum Gasteiger partial charge on any atom is 0.295 e. The van der Waals surface area contributed by atoms with Crippen molar-refractivity contribution in [2.24, 2.45) is 0 Å². The molecule has 1 saturated heterocycles. The van der Waals surface area contributed by atoms with Crippen LogP contribution < -0.4 is 9.47 Å².